The lowest BCUT2D eigenvalue weighted by atomic mass is 10.1. The van der Waals surface area contributed by atoms with E-state index in [4.69, 9.17) is 9.47 Å². The van der Waals surface area contributed by atoms with E-state index in [1.807, 2.05) is 34.2 Å². The normalized spacial score (nSPS) is 10.9. The molecule has 2 aromatic heterocycles. The molecule has 30 heavy (non-hydrogen) atoms. The maximum absolute atomic E-state index is 13.3. The van der Waals surface area contributed by atoms with Gasteiger partial charge in [-0.15, -0.1) is 11.3 Å². The molecular weight excluding hydrogens is 405 g/mol. The molecule has 0 atom stereocenters. The quantitative estimate of drug-likeness (QED) is 0.462. The minimum Gasteiger partial charge on any atom is -0.493 e. The van der Waals surface area contributed by atoms with Crippen molar-refractivity contribution in [3.05, 3.63) is 65.4 Å². The highest BCUT2D eigenvalue weighted by Gasteiger charge is 2.17. The van der Waals surface area contributed by atoms with Crippen LogP contribution in [0.5, 0.6) is 11.5 Å². The summed E-state index contributed by atoms with van der Waals surface area (Å²) in [6.45, 7) is 0. The number of anilines is 1. The molecule has 0 aliphatic rings. The van der Waals surface area contributed by atoms with E-state index in [1.54, 1.807) is 26.4 Å². The van der Waals surface area contributed by atoms with Gasteiger partial charge in [-0.25, -0.2) is 9.37 Å². The maximum Gasteiger partial charge on any atom is 0.225 e. The Hall–Kier alpha value is -3.39. The average Bonchev–Trinajstić information content (AvgIpc) is 3.35. The Labute approximate surface area is 176 Å². The van der Waals surface area contributed by atoms with E-state index in [9.17, 15) is 9.18 Å². The number of aryl methyl sites for hydroxylation is 1. The number of carbonyl (C=O) groups is 1. The van der Waals surface area contributed by atoms with Gasteiger partial charge >= 0.3 is 0 Å². The second-order valence-corrected chi connectivity index (χ2v) is 7.48. The third kappa shape index (κ3) is 3.99. The first-order chi connectivity index (χ1) is 14.6. The van der Waals surface area contributed by atoms with Crippen LogP contribution in [0, 0.1) is 5.82 Å². The monoisotopic (exact) mass is 425 g/mol. The van der Waals surface area contributed by atoms with Gasteiger partial charge in [0.25, 0.3) is 0 Å². The maximum atomic E-state index is 13.3. The Bertz CT molecular complexity index is 1180. The number of hydrogen-bond acceptors (Lipinski definition) is 5. The topological polar surface area (TPSA) is 64.9 Å². The van der Waals surface area contributed by atoms with Crippen LogP contribution in [0.2, 0.25) is 0 Å². The third-order valence-electron chi connectivity index (χ3n) is 4.73. The van der Waals surface area contributed by atoms with Crippen LogP contribution in [0.1, 0.15) is 12.0 Å². The molecule has 0 saturated heterocycles. The molecule has 0 bridgehead atoms. The highest BCUT2D eigenvalue weighted by Crippen LogP contribution is 2.31. The van der Waals surface area contributed by atoms with Gasteiger partial charge in [0.1, 0.15) is 17.3 Å². The standard InChI is InChI=1S/C22H20FN3O3S/c1-28-17-9-3-14(13-18(17)29-2)4-10-19(27)24-21-20(15-5-7-16(23)8-6-15)25-22-26(21)11-12-30-22/h3,5-9,11-13H,4,10H2,1-2H3,(H,24,27). The number of aromatic nitrogens is 2. The molecule has 0 fully saturated rings. The number of imidazole rings is 1. The number of carbonyl (C=O) groups excluding carboxylic acids is 1. The van der Waals surface area contributed by atoms with Crippen molar-refractivity contribution in [3.8, 4) is 22.8 Å². The molecule has 2 heterocycles. The molecule has 4 aromatic rings. The molecule has 8 heteroatoms. The Kier molecular flexibility index (Phi) is 5.67. The summed E-state index contributed by atoms with van der Waals surface area (Å²) in [7, 11) is 3.16. The first kappa shape index (κ1) is 19.9. The van der Waals surface area contributed by atoms with Crippen molar-refractivity contribution < 1.29 is 18.7 Å². The van der Waals surface area contributed by atoms with Crippen LogP contribution in [0.4, 0.5) is 10.2 Å². The first-order valence-corrected chi connectivity index (χ1v) is 10.2. The van der Waals surface area contributed by atoms with E-state index in [2.05, 4.69) is 10.3 Å². The summed E-state index contributed by atoms with van der Waals surface area (Å²) in [6, 6.07) is 11.7. The van der Waals surface area contributed by atoms with Crippen LogP contribution < -0.4 is 14.8 Å². The molecule has 0 aliphatic carbocycles. The molecule has 0 spiro atoms. The molecular formula is C22H20FN3O3S. The summed E-state index contributed by atoms with van der Waals surface area (Å²) in [5, 5.41) is 4.87. The molecule has 1 N–H and O–H groups in total. The molecule has 0 radical (unpaired) electrons. The van der Waals surface area contributed by atoms with Crippen molar-refractivity contribution in [1.29, 1.82) is 0 Å². The van der Waals surface area contributed by atoms with Gasteiger partial charge in [-0.3, -0.25) is 9.20 Å². The summed E-state index contributed by atoms with van der Waals surface area (Å²) >= 11 is 1.47. The van der Waals surface area contributed by atoms with Crippen LogP contribution in [-0.4, -0.2) is 29.5 Å². The lowest BCUT2D eigenvalue weighted by molar-refractivity contribution is -0.116. The van der Waals surface area contributed by atoms with E-state index in [0.29, 0.717) is 29.4 Å². The smallest absolute Gasteiger partial charge is 0.225 e. The Morgan fingerprint density at radius 2 is 1.90 bits per heavy atom. The zero-order valence-corrected chi connectivity index (χ0v) is 17.3. The predicted octanol–water partition coefficient (Wildman–Crippen LogP) is 4.79. The number of nitrogens with one attached hydrogen (secondary N) is 1. The van der Waals surface area contributed by atoms with Gasteiger partial charge in [-0.05, 0) is 48.4 Å². The van der Waals surface area contributed by atoms with Gasteiger partial charge in [0.15, 0.2) is 16.5 Å². The number of benzene rings is 2. The van der Waals surface area contributed by atoms with Crippen molar-refractivity contribution in [2.75, 3.05) is 19.5 Å². The fourth-order valence-electron chi connectivity index (χ4n) is 3.20. The largest absolute Gasteiger partial charge is 0.493 e. The van der Waals surface area contributed by atoms with Crippen molar-refractivity contribution in [2.45, 2.75) is 12.8 Å². The minimum atomic E-state index is -0.319. The number of hydrogen-bond donors (Lipinski definition) is 1. The molecule has 0 unspecified atom stereocenters. The van der Waals surface area contributed by atoms with E-state index in [-0.39, 0.29) is 18.1 Å². The summed E-state index contributed by atoms with van der Waals surface area (Å²) in [5.74, 6) is 1.40. The number of nitrogens with zero attached hydrogens (tertiary/aromatic N) is 2. The summed E-state index contributed by atoms with van der Waals surface area (Å²) in [6.07, 6.45) is 2.68. The van der Waals surface area contributed by atoms with Crippen LogP contribution >= 0.6 is 11.3 Å². The van der Waals surface area contributed by atoms with Crippen LogP contribution in [0.25, 0.3) is 16.2 Å². The Balaban J connectivity index is 1.53. The molecule has 154 valence electrons. The lowest BCUT2D eigenvalue weighted by Crippen LogP contribution is -2.14. The van der Waals surface area contributed by atoms with Crippen molar-refractivity contribution in [3.63, 3.8) is 0 Å². The van der Waals surface area contributed by atoms with Crippen molar-refractivity contribution in [2.24, 2.45) is 0 Å². The number of ether oxygens (including phenoxy) is 2. The number of rotatable bonds is 7. The van der Waals surface area contributed by atoms with Crippen LogP contribution in [0.3, 0.4) is 0 Å². The summed E-state index contributed by atoms with van der Waals surface area (Å²) < 4.78 is 25.7. The second-order valence-electron chi connectivity index (χ2n) is 6.61. The molecule has 0 aliphatic heterocycles. The first-order valence-electron chi connectivity index (χ1n) is 9.31. The molecule has 6 nitrogen and oxygen atoms in total. The number of halogens is 1. The fourth-order valence-corrected chi connectivity index (χ4v) is 3.92. The van der Waals surface area contributed by atoms with Crippen molar-refractivity contribution in [1.82, 2.24) is 9.38 Å². The summed E-state index contributed by atoms with van der Waals surface area (Å²) in [4.78, 5) is 18.1. The van der Waals surface area contributed by atoms with Gasteiger partial charge in [0.05, 0.1) is 14.2 Å². The Morgan fingerprint density at radius 3 is 2.63 bits per heavy atom. The number of fused-ring (bicyclic) bond motifs is 1. The predicted molar refractivity (Wildman–Crippen MR) is 115 cm³/mol. The van der Waals surface area contributed by atoms with Gasteiger partial charge in [0.2, 0.25) is 5.91 Å². The summed E-state index contributed by atoms with van der Waals surface area (Å²) in [5.41, 5.74) is 2.32. The number of thiazole rings is 1. The van der Waals surface area contributed by atoms with E-state index < -0.39 is 0 Å². The van der Waals surface area contributed by atoms with Crippen LogP contribution in [-0.2, 0) is 11.2 Å². The van der Waals surface area contributed by atoms with Crippen molar-refractivity contribution >= 4 is 28.0 Å². The SMILES string of the molecule is COc1ccc(CCC(=O)Nc2c(-c3ccc(F)cc3)nc3sccn23)cc1OC. The van der Waals surface area contributed by atoms with E-state index in [0.717, 1.165) is 16.1 Å². The van der Waals surface area contributed by atoms with Gasteiger partial charge < -0.3 is 14.8 Å². The average molecular weight is 425 g/mol. The molecule has 4 rings (SSSR count). The number of amides is 1. The van der Waals surface area contributed by atoms with E-state index >= 15 is 0 Å². The zero-order chi connectivity index (χ0) is 21.1. The fraction of sp³-hybridized carbons (Fsp3) is 0.182. The highest BCUT2D eigenvalue weighted by atomic mass is 32.1. The molecule has 2 aromatic carbocycles. The molecule has 1 amide bonds. The zero-order valence-electron chi connectivity index (χ0n) is 16.5. The van der Waals surface area contributed by atoms with E-state index in [1.165, 1.54) is 23.5 Å². The lowest BCUT2D eigenvalue weighted by Gasteiger charge is -2.10. The highest BCUT2D eigenvalue weighted by molar-refractivity contribution is 7.15. The van der Waals surface area contributed by atoms with Crippen LogP contribution in [0.15, 0.2) is 54.0 Å². The Morgan fingerprint density at radius 1 is 1.13 bits per heavy atom. The van der Waals surface area contributed by atoms with Gasteiger partial charge in [-0.2, -0.15) is 0 Å². The van der Waals surface area contributed by atoms with Gasteiger partial charge in [0, 0.05) is 23.6 Å². The van der Waals surface area contributed by atoms with Gasteiger partial charge in [-0.1, -0.05) is 6.07 Å². The third-order valence-corrected chi connectivity index (χ3v) is 5.48. The minimum absolute atomic E-state index is 0.138. The second kappa shape index (κ2) is 8.54. The molecule has 0 saturated carbocycles. The number of methoxy groups -OCH3 is 2.